The van der Waals surface area contributed by atoms with Gasteiger partial charge >= 0.3 is 0 Å². The van der Waals surface area contributed by atoms with Crippen molar-refractivity contribution in [3.05, 3.63) is 0 Å². The molecule has 0 atom stereocenters. The minimum absolute atomic E-state index is 0.207. The number of hydrogen-bond donors (Lipinski definition) is 0. The minimum atomic E-state index is -0.207. The molecule has 1 rings (SSSR count). The Hall–Kier alpha value is -0.150. The van der Waals surface area contributed by atoms with Crippen LogP contribution in [0.1, 0.15) is 13.8 Å². The lowest BCUT2D eigenvalue weighted by atomic mass is 10.2. The van der Waals surface area contributed by atoms with Crippen LogP contribution in [0.5, 0.6) is 0 Å². The first-order valence-corrected chi connectivity index (χ1v) is 4.76. The summed E-state index contributed by atoms with van der Waals surface area (Å²) in [7, 11) is 0. The maximum absolute atomic E-state index is 12.0. The summed E-state index contributed by atoms with van der Waals surface area (Å²) in [5, 5.41) is 0. The summed E-state index contributed by atoms with van der Waals surface area (Å²) < 4.78 is 12.0. The van der Waals surface area contributed by atoms with Crippen molar-refractivity contribution in [1.29, 1.82) is 0 Å². The lowest BCUT2D eigenvalue weighted by molar-refractivity contribution is 0.104. The SMILES string of the molecule is CC(C)N1CCN(CCF)CC1. The van der Waals surface area contributed by atoms with Gasteiger partial charge in [-0.05, 0) is 13.8 Å². The fraction of sp³-hybridized carbons (Fsp3) is 1.00. The molecule has 0 spiro atoms. The zero-order valence-corrected chi connectivity index (χ0v) is 8.09. The lowest BCUT2D eigenvalue weighted by Gasteiger charge is -2.36. The van der Waals surface area contributed by atoms with Gasteiger partial charge in [0.05, 0.1) is 0 Å². The van der Waals surface area contributed by atoms with Gasteiger partial charge in [-0.15, -0.1) is 0 Å². The lowest BCUT2D eigenvalue weighted by Crippen LogP contribution is -2.49. The van der Waals surface area contributed by atoms with Gasteiger partial charge < -0.3 is 0 Å². The van der Waals surface area contributed by atoms with Gasteiger partial charge in [-0.2, -0.15) is 0 Å². The van der Waals surface area contributed by atoms with E-state index in [1.807, 2.05) is 0 Å². The van der Waals surface area contributed by atoms with E-state index >= 15 is 0 Å². The van der Waals surface area contributed by atoms with Gasteiger partial charge in [0.15, 0.2) is 0 Å². The van der Waals surface area contributed by atoms with Crippen molar-refractivity contribution in [2.24, 2.45) is 0 Å². The molecule has 1 heterocycles. The summed E-state index contributed by atoms with van der Waals surface area (Å²) in [5.74, 6) is 0. The van der Waals surface area contributed by atoms with Crippen LogP contribution >= 0.6 is 0 Å². The highest BCUT2D eigenvalue weighted by Gasteiger charge is 2.17. The first-order chi connectivity index (χ1) is 5.74. The van der Waals surface area contributed by atoms with Crippen molar-refractivity contribution in [2.75, 3.05) is 39.4 Å². The van der Waals surface area contributed by atoms with Gasteiger partial charge in [-0.25, -0.2) is 4.39 Å². The highest BCUT2D eigenvalue weighted by atomic mass is 19.1. The molecule has 12 heavy (non-hydrogen) atoms. The number of hydrogen-bond acceptors (Lipinski definition) is 2. The smallest absolute Gasteiger partial charge is 0.102 e. The second-order valence-corrected chi connectivity index (χ2v) is 3.66. The van der Waals surface area contributed by atoms with Crippen molar-refractivity contribution in [1.82, 2.24) is 9.80 Å². The number of rotatable bonds is 3. The standard InChI is InChI=1S/C9H19FN2/c1-9(2)12-7-5-11(4-3-10)6-8-12/h9H,3-8H2,1-2H3. The molecular formula is C9H19FN2. The molecule has 0 N–H and O–H groups in total. The molecule has 0 saturated carbocycles. The molecule has 1 aliphatic heterocycles. The monoisotopic (exact) mass is 174 g/mol. The first-order valence-electron chi connectivity index (χ1n) is 4.76. The van der Waals surface area contributed by atoms with Gasteiger partial charge in [0.1, 0.15) is 6.67 Å². The maximum Gasteiger partial charge on any atom is 0.102 e. The summed E-state index contributed by atoms with van der Waals surface area (Å²) in [6.07, 6.45) is 0. The van der Waals surface area contributed by atoms with Gasteiger partial charge in [0.25, 0.3) is 0 Å². The van der Waals surface area contributed by atoms with Gasteiger partial charge in [0.2, 0.25) is 0 Å². The maximum atomic E-state index is 12.0. The molecule has 2 nitrogen and oxygen atoms in total. The molecule has 1 saturated heterocycles. The molecule has 0 radical (unpaired) electrons. The van der Waals surface area contributed by atoms with Gasteiger partial charge in [0, 0.05) is 38.8 Å². The second kappa shape index (κ2) is 4.77. The van der Waals surface area contributed by atoms with Crippen molar-refractivity contribution < 1.29 is 4.39 Å². The molecule has 0 aromatic heterocycles. The first kappa shape index (κ1) is 9.93. The van der Waals surface area contributed by atoms with E-state index in [0.29, 0.717) is 12.6 Å². The normalized spacial score (nSPS) is 22.0. The molecule has 0 aliphatic carbocycles. The minimum Gasteiger partial charge on any atom is -0.298 e. The highest BCUT2D eigenvalue weighted by Crippen LogP contribution is 2.04. The molecule has 0 aromatic carbocycles. The number of halogens is 1. The number of nitrogens with zero attached hydrogens (tertiary/aromatic N) is 2. The molecule has 0 amide bonds. The molecule has 72 valence electrons. The van der Waals surface area contributed by atoms with Crippen LogP contribution < -0.4 is 0 Å². The Morgan fingerprint density at radius 2 is 1.75 bits per heavy atom. The summed E-state index contributed by atoms with van der Waals surface area (Å²) in [6, 6.07) is 0.637. The van der Waals surface area contributed by atoms with Crippen molar-refractivity contribution in [3.63, 3.8) is 0 Å². The average Bonchev–Trinajstić information content (AvgIpc) is 2.06. The predicted octanol–water partition coefficient (Wildman–Crippen LogP) is 0.982. The van der Waals surface area contributed by atoms with Crippen molar-refractivity contribution in [3.8, 4) is 0 Å². The van der Waals surface area contributed by atoms with E-state index in [2.05, 4.69) is 23.6 Å². The van der Waals surface area contributed by atoms with Gasteiger partial charge in [-0.1, -0.05) is 0 Å². The van der Waals surface area contributed by atoms with E-state index in [-0.39, 0.29) is 6.67 Å². The predicted molar refractivity (Wildman–Crippen MR) is 49.1 cm³/mol. The van der Waals surface area contributed by atoms with Crippen LogP contribution in [0.15, 0.2) is 0 Å². The number of piperazine rings is 1. The molecule has 0 bridgehead atoms. The van der Waals surface area contributed by atoms with Crippen LogP contribution in [0, 0.1) is 0 Å². The van der Waals surface area contributed by atoms with E-state index < -0.39 is 0 Å². The second-order valence-electron chi connectivity index (χ2n) is 3.66. The molecule has 0 aromatic rings. The largest absolute Gasteiger partial charge is 0.298 e. The Morgan fingerprint density at radius 3 is 2.17 bits per heavy atom. The van der Waals surface area contributed by atoms with Crippen LogP contribution in [-0.4, -0.2) is 55.2 Å². The molecular weight excluding hydrogens is 155 g/mol. The summed E-state index contributed by atoms with van der Waals surface area (Å²) in [5.41, 5.74) is 0. The Labute approximate surface area is 74.3 Å². The molecule has 3 heteroatoms. The summed E-state index contributed by atoms with van der Waals surface area (Å²) in [4.78, 5) is 4.63. The Kier molecular flexibility index (Phi) is 3.95. The Morgan fingerprint density at radius 1 is 1.17 bits per heavy atom. The third-order valence-corrected chi connectivity index (χ3v) is 2.54. The fourth-order valence-corrected chi connectivity index (χ4v) is 1.62. The summed E-state index contributed by atoms with van der Waals surface area (Å²) in [6.45, 7) is 9.09. The van der Waals surface area contributed by atoms with E-state index in [4.69, 9.17) is 0 Å². The zero-order valence-electron chi connectivity index (χ0n) is 8.09. The van der Waals surface area contributed by atoms with Gasteiger partial charge in [-0.3, -0.25) is 9.80 Å². The van der Waals surface area contributed by atoms with Crippen molar-refractivity contribution >= 4 is 0 Å². The quantitative estimate of drug-likeness (QED) is 0.629. The average molecular weight is 174 g/mol. The zero-order chi connectivity index (χ0) is 8.97. The Bertz CT molecular complexity index is 120. The van der Waals surface area contributed by atoms with Crippen LogP contribution in [0.2, 0.25) is 0 Å². The molecule has 1 fully saturated rings. The van der Waals surface area contributed by atoms with Crippen LogP contribution in [-0.2, 0) is 0 Å². The van der Waals surface area contributed by atoms with E-state index in [1.54, 1.807) is 0 Å². The van der Waals surface area contributed by atoms with Crippen LogP contribution in [0.25, 0.3) is 0 Å². The third kappa shape index (κ3) is 2.72. The van der Waals surface area contributed by atoms with E-state index in [9.17, 15) is 4.39 Å². The van der Waals surface area contributed by atoms with E-state index in [0.717, 1.165) is 26.2 Å². The van der Waals surface area contributed by atoms with Crippen LogP contribution in [0.3, 0.4) is 0 Å². The third-order valence-electron chi connectivity index (χ3n) is 2.54. The molecule has 1 aliphatic rings. The molecule has 0 unspecified atom stereocenters. The van der Waals surface area contributed by atoms with E-state index in [1.165, 1.54) is 0 Å². The fourth-order valence-electron chi connectivity index (χ4n) is 1.62. The summed E-state index contributed by atoms with van der Waals surface area (Å²) >= 11 is 0. The highest BCUT2D eigenvalue weighted by molar-refractivity contribution is 4.73. The Balaban J connectivity index is 2.20. The van der Waals surface area contributed by atoms with Crippen LogP contribution in [0.4, 0.5) is 4.39 Å². The number of alkyl halides is 1. The topological polar surface area (TPSA) is 6.48 Å². The van der Waals surface area contributed by atoms with Crippen molar-refractivity contribution in [2.45, 2.75) is 19.9 Å².